The maximum Gasteiger partial charge on any atom is 0.0537 e. The Morgan fingerprint density at radius 3 is 3.00 bits per heavy atom. The number of nitrogens with zero attached hydrogens (tertiary/aromatic N) is 1. The fourth-order valence-electron chi connectivity index (χ4n) is 1.29. The molecule has 1 aromatic heterocycles. The Kier molecular flexibility index (Phi) is 4.47. The summed E-state index contributed by atoms with van der Waals surface area (Å²) < 4.78 is 0. The van der Waals surface area contributed by atoms with Crippen molar-refractivity contribution in [1.29, 1.82) is 0 Å². The van der Waals surface area contributed by atoms with Crippen LogP contribution in [0.1, 0.15) is 31.7 Å². The second-order valence-corrected chi connectivity index (χ2v) is 3.32. The Hall–Kier alpha value is -0.890. The molecular weight excluding hydrogens is 162 g/mol. The highest BCUT2D eigenvalue weighted by molar-refractivity contribution is 5.08. The minimum Gasteiger partial charge on any atom is -0.393 e. The SMILES string of the molecule is CC[C@@H](O)CCCc1cccnc1. The molecule has 0 saturated carbocycles. The lowest BCUT2D eigenvalue weighted by molar-refractivity contribution is 0.158. The maximum atomic E-state index is 9.32. The van der Waals surface area contributed by atoms with Crippen LogP contribution in [0.3, 0.4) is 0 Å². The zero-order valence-electron chi connectivity index (χ0n) is 8.11. The summed E-state index contributed by atoms with van der Waals surface area (Å²) >= 11 is 0. The number of aliphatic hydroxyl groups excluding tert-OH is 1. The summed E-state index contributed by atoms with van der Waals surface area (Å²) in [5.74, 6) is 0. The number of pyridine rings is 1. The van der Waals surface area contributed by atoms with Crippen LogP contribution in [0.25, 0.3) is 0 Å². The predicted octanol–water partition coefficient (Wildman–Crippen LogP) is 2.18. The molecule has 13 heavy (non-hydrogen) atoms. The molecule has 0 aromatic carbocycles. The van der Waals surface area contributed by atoms with Gasteiger partial charge < -0.3 is 5.11 Å². The van der Waals surface area contributed by atoms with Gasteiger partial charge in [-0.25, -0.2) is 0 Å². The minimum absolute atomic E-state index is 0.128. The fraction of sp³-hybridized carbons (Fsp3) is 0.545. The van der Waals surface area contributed by atoms with Gasteiger partial charge in [-0.3, -0.25) is 4.98 Å². The van der Waals surface area contributed by atoms with E-state index in [0.29, 0.717) is 0 Å². The Morgan fingerprint density at radius 2 is 2.38 bits per heavy atom. The van der Waals surface area contributed by atoms with Gasteiger partial charge in [0.15, 0.2) is 0 Å². The van der Waals surface area contributed by atoms with Gasteiger partial charge in [0, 0.05) is 12.4 Å². The summed E-state index contributed by atoms with van der Waals surface area (Å²) in [5, 5.41) is 9.32. The molecule has 1 rings (SSSR count). The molecule has 0 radical (unpaired) electrons. The molecule has 0 spiro atoms. The van der Waals surface area contributed by atoms with Crippen LogP contribution in [0.2, 0.25) is 0 Å². The molecule has 0 aliphatic carbocycles. The Morgan fingerprint density at radius 1 is 1.54 bits per heavy atom. The molecule has 2 heteroatoms. The second kappa shape index (κ2) is 5.70. The zero-order chi connectivity index (χ0) is 9.52. The summed E-state index contributed by atoms with van der Waals surface area (Å²) in [6.45, 7) is 2.01. The average molecular weight is 179 g/mol. The van der Waals surface area contributed by atoms with Crippen molar-refractivity contribution in [2.45, 2.75) is 38.7 Å². The molecule has 0 aliphatic heterocycles. The van der Waals surface area contributed by atoms with E-state index in [-0.39, 0.29) is 6.10 Å². The first-order valence-electron chi connectivity index (χ1n) is 4.90. The quantitative estimate of drug-likeness (QED) is 0.751. The first-order valence-corrected chi connectivity index (χ1v) is 4.90. The molecule has 0 aliphatic rings. The van der Waals surface area contributed by atoms with Gasteiger partial charge in [0.25, 0.3) is 0 Å². The fourth-order valence-corrected chi connectivity index (χ4v) is 1.29. The van der Waals surface area contributed by atoms with Gasteiger partial charge >= 0.3 is 0 Å². The van der Waals surface area contributed by atoms with Gasteiger partial charge in [-0.15, -0.1) is 0 Å². The van der Waals surface area contributed by atoms with E-state index in [9.17, 15) is 5.11 Å². The van der Waals surface area contributed by atoms with Crippen molar-refractivity contribution in [1.82, 2.24) is 4.98 Å². The van der Waals surface area contributed by atoms with Crippen molar-refractivity contribution in [3.8, 4) is 0 Å². The summed E-state index contributed by atoms with van der Waals surface area (Å²) in [6, 6.07) is 4.02. The molecule has 0 bridgehead atoms. The number of aryl methyl sites for hydroxylation is 1. The van der Waals surface area contributed by atoms with Crippen molar-refractivity contribution < 1.29 is 5.11 Å². The molecule has 2 nitrogen and oxygen atoms in total. The lowest BCUT2D eigenvalue weighted by Crippen LogP contribution is -2.04. The van der Waals surface area contributed by atoms with Crippen LogP contribution < -0.4 is 0 Å². The normalized spacial score (nSPS) is 12.8. The number of hydrogen-bond donors (Lipinski definition) is 1. The maximum absolute atomic E-state index is 9.32. The Labute approximate surface area is 79.6 Å². The van der Waals surface area contributed by atoms with Crippen molar-refractivity contribution >= 4 is 0 Å². The Balaban J connectivity index is 2.20. The van der Waals surface area contributed by atoms with Crippen molar-refractivity contribution in [2.75, 3.05) is 0 Å². The number of aliphatic hydroxyl groups is 1. The van der Waals surface area contributed by atoms with Gasteiger partial charge in [0.1, 0.15) is 0 Å². The topological polar surface area (TPSA) is 33.1 Å². The smallest absolute Gasteiger partial charge is 0.0537 e. The van der Waals surface area contributed by atoms with Crippen LogP contribution in [0.4, 0.5) is 0 Å². The van der Waals surface area contributed by atoms with Crippen molar-refractivity contribution in [3.05, 3.63) is 30.1 Å². The van der Waals surface area contributed by atoms with Crippen LogP contribution in [-0.4, -0.2) is 16.2 Å². The molecule has 0 amide bonds. The van der Waals surface area contributed by atoms with Crippen LogP contribution in [-0.2, 0) is 6.42 Å². The summed E-state index contributed by atoms with van der Waals surface area (Å²) in [4.78, 5) is 4.04. The summed E-state index contributed by atoms with van der Waals surface area (Å²) in [6.07, 6.45) is 7.35. The lowest BCUT2D eigenvalue weighted by atomic mass is 10.1. The highest BCUT2D eigenvalue weighted by Gasteiger charge is 2.00. The van der Waals surface area contributed by atoms with Crippen molar-refractivity contribution in [2.24, 2.45) is 0 Å². The van der Waals surface area contributed by atoms with Gasteiger partial charge in [-0.1, -0.05) is 13.0 Å². The molecule has 72 valence electrons. The largest absolute Gasteiger partial charge is 0.393 e. The van der Waals surface area contributed by atoms with Gasteiger partial charge in [0.05, 0.1) is 6.10 Å². The molecule has 0 fully saturated rings. The molecule has 0 unspecified atom stereocenters. The lowest BCUT2D eigenvalue weighted by Gasteiger charge is -2.06. The third-order valence-corrected chi connectivity index (χ3v) is 2.20. The van der Waals surface area contributed by atoms with Gasteiger partial charge in [0.2, 0.25) is 0 Å². The zero-order valence-corrected chi connectivity index (χ0v) is 8.11. The predicted molar refractivity (Wildman–Crippen MR) is 53.5 cm³/mol. The molecule has 0 saturated heterocycles. The third kappa shape index (κ3) is 4.04. The highest BCUT2D eigenvalue weighted by Crippen LogP contribution is 2.06. The van der Waals surface area contributed by atoms with E-state index in [0.717, 1.165) is 25.7 Å². The summed E-state index contributed by atoms with van der Waals surface area (Å²) in [5.41, 5.74) is 1.26. The van der Waals surface area contributed by atoms with E-state index in [1.165, 1.54) is 5.56 Å². The van der Waals surface area contributed by atoms with Crippen molar-refractivity contribution in [3.63, 3.8) is 0 Å². The number of rotatable bonds is 5. The molecule has 1 aromatic rings. The van der Waals surface area contributed by atoms with Crippen LogP contribution in [0.5, 0.6) is 0 Å². The summed E-state index contributed by atoms with van der Waals surface area (Å²) in [7, 11) is 0. The average Bonchev–Trinajstić information content (AvgIpc) is 2.19. The van der Waals surface area contributed by atoms with Crippen LogP contribution in [0, 0.1) is 0 Å². The second-order valence-electron chi connectivity index (χ2n) is 3.32. The monoisotopic (exact) mass is 179 g/mol. The number of hydrogen-bond acceptors (Lipinski definition) is 2. The highest BCUT2D eigenvalue weighted by atomic mass is 16.3. The van der Waals surface area contributed by atoms with E-state index in [4.69, 9.17) is 0 Å². The van der Waals surface area contributed by atoms with Gasteiger partial charge in [-0.05, 0) is 37.3 Å². The van der Waals surface area contributed by atoms with Crippen LogP contribution >= 0.6 is 0 Å². The first-order chi connectivity index (χ1) is 6.33. The van der Waals surface area contributed by atoms with E-state index < -0.39 is 0 Å². The molecular formula is C11H17NO. The number of aromatic nitrogens is 1. The molecule has 1 N–H and O–H groups in total. The third-order valence-electron chi connectivity index (χ3n) is 2.20. The standard InChI is InChI=1S/C11H17NO/c1-2-11(13)7-3-5-10-6-4-8-12-9-10/h4,6,8-9,11,13H,2-3,5,7H2,1H3/t11-/m1/s1. The van der Waals surface area contributed by atoms with Gasteiger partial charge in [-0.2, -0.15) is 0 Å². The van der Waals surface area contributed by atoms with E-state index in [1.54, 1.807) is 6.20 Å². The minimum atomic E-state index is -0.128. The Bertz CT molecular complexity index is 223. The van der Waals surface area contributed by atoms with E-state index in [2.05, 4.69) is 11.1 Å². The first kappa shape index (κ1) is 10.2. The molecule has 1 atom stereocenters. The van der Waals surface area contributed by atoms with E-state index in [1.807, 2.05) is 19.2 Å². The molecule has 1 heterocycles. The van der Waals surface area contributed by atoms with Crippen LogP contribution in [0.15, 0.2) is 24.5 Å². The van der Waals surface area contributed by atoms with E-state index >= 15 is 0 Å².